The van der Waals surface area contributed by atoms with Crippen LogP contribution in [0.5, 0.6) is 0 Å². The Morgan fingerprint density at radius 2 is 2.17 bits per heavy atom. The average Bonchev–Trinajstić information content (AvgIpc) is 2.32. The lowest BCUT2D eigenvalue weighted by Crippen LogP contribution is -2.23. The Balaban J connectivity index is 3.05. The lowest BCUT2D eigenvalue weighted by Gasteiger charge is -1.94. The number of hydrogen-bond acceptors (Lipinski definition) is 3. The van der Waals surface area contributed by atoms with Gasteiger partial charge < -0.3 is 16.6 Å². The van der Waals surface area contributed by atoms with Crippen LogP contribution >= 0.6 is 0 Å². The van der Waals surface area contributed by atoms with Crippen molar-refractivity contribution in [2.24, 2.45) is 0 Å². The minimum Gasteiger partial charge on any atom is -0.397 e. The van der Waals surface area contributed by atoms with Crippen LogP contribution in [-0.2, 0) is 0 Å². The van der Waals surface area contributed by atoms with E-state index in [1.54, 1.807) is 18.2 Å². The van der Waals surface area contributed by atoms with Crippen LogP contribution in [0.2, 0.25) is 0 Å². The van der Waals surface area contributed by atoms with E-state index in [0.717, 1.165) is 4.68 Å². The molecule has 62 valence electrons. The third kappa shape index (κ3) is 0.701. The van der Waals surface area contributed by atoms with Crippen molar-refractivity contribution in [1.82, 2.24) is 9.66 Å². The molecule has 5 N–H and O–H groups in total. The van der Waals surface area contributed by atoms with Gasteiger partial charge in [-0.25, -0.2) is 9.47 Å². The van der Waals surface area contributed by atoms with E-state index in [0.29, 0.717) is 16.7 Å². The van der Waals surface area contributed by atoms with Crippen molar-refractivity contribution in [3.63, 3.8) is 0 Å². The number of nitrogen functional groups attached to an aromatic ring is 2. The lowest BCUT2D eigenvalue weighted by molar-refractivity contribution is 0.967. The van der Waals surface area contributed by atoms with Gasteiger partial charge in [0.05, 0.1) is 16.7 Å². The van der Waals surface area contributed by atoms with Gasteiger partial charge in [0.25, 0.3) is 0 Å². The maximum atomic E-state index is 11.0. The average molecular weight is 164 g/mol. The lowest BCUT2D eigenvalue weighted by atomic mass is 10.3. The van der Waals surface area contributed by atoms with Gasteiger partial charge in [0, 0.05) is 0 Å². The van der Waals surface area contributed by atoms with Crippen LogP contribution in [0.3, 0.4) is 0 Å². The maximum Gasteiger partial charge on any atom is 0.344 e. The van der Waals surface area contributed by atoms with Gasteiger partial charge in [-0.1, -0.05) is 6.07 Å². The van der Waals surface area contributed by atoms with Crippen LogP contribution in [-0.4, -0.2) is 9.66 Å². The predicted octanol–water partition coefficient (Wildman–Crippen LogP) is -0.374. The second-order valence-electron chi connectivity index (χ2n) is 2.54. The number of H-pyrrole nitrogens is 1. The van der Waals surface area contributed by atoms with Crippen molar-refractivity contribution >= 4 is 16.7 Å². The van der Waals surface area contributed by atoms with Gasteiger partial charge in [-0.2, -0.15) is 0 Å². The summed E-state index contributed by atoms with van der Waals surface area (Å²) in [4.78, 5) is 13.6. The van der Waals surface area contributed by atoms with Gasteiger partial charge in [-0.3, -0.25) is 0 Å². The number of nitrogens with one attached hydrogen (secondary N) is 1. The number of aromatic nitrogens is 2. The predicted molar refractivity (Wildman–Crippen MR) is 47.1 cm³/mol. The molecule has 0 bridgehead atoms. The molecule has 0 aliphatic heterocycles. The second-order valence-corrected chi connectivity index (χ2v) is 2.54. The van der Waals surface area contributed by atoms with Crippen LogP contribution in [0.1, 0.15) is 0 Å². The molecule has 0 fully saturated rings. The molecule has 0 spiro atoms. The van der Waals surface area contributed by atoms with Crippen LogP contribution in [0.15, 0.2) is 23.0 Å². The molecule has 0 atom stereocenters. The first-order valence-corrected chi connectivity index (χ1v) is 3.44. The number of imidazole rings is 1. The number of fused-ring (bicyclic) bond motifs is 1. The number of aromatic amines is 1. The van der Waals surface area contributed by atoms with Crippen molar-refractivity contribution in [2.45, 2.75) is 0 Å². The minimum absolute atomic E-state index is 0.358. The minimum atomic E-state index is -0.358. The highest BCUT2D eigenvalue weighted by Crippen LogP contribution is 2.14. The molecular formula is C7H8N4O. The van der Waals surface area contributed by atoms with Crippen LogP contribution in [0.25, 0.3) is 11.0 Å². The normalized spacial score (nSPS) is 10.7. The smallest absolute Gasteiger partial charge is 0.344 e. The fourth-order valence-corrected chi connectivity index (χ4v) is 1.17. The van der Waals surface area contributed by atoms with Gasteiger partial charge in [0.1, 0.15) is 0 Å². The number of nitrogens with zero attached hydrogens (tertiary/aromatic N) is 1. The molecule has 0 saturated heterocycles. The van der Waals surface area contributed by atoms with E-state index in [4.69, 9.17) is 11.6 Å². The molecule has 0 amide bonds. The van der Waals surface area contributed by atoms with Crippen LogP contribution in [0, 0.1) is 0 Å². The Hall–Kier alpha value is -1.91. The molecule has 0 radical (unpaired) electrons. The Bertz CT molecular complexity index is 482. The molecule has 0 unspecified atom stereocenters. The van der Waals surface area contributed by atoms with E-state index < -0.39 is 0 Å². The third-order valence-corrected chi connectivity index (χ3v) is 1.78. The molecule has 2 rings (SSSR count). The van der Waals surface area contributed by atoms with E-state index in [9.17, 15) is 4.79 Å². The molecule has 1 aromatic heterocycles. The van der Waals surface area contributed by atoms with E-state index >= 15 is 0 Å². The Kier molecular flexibility index (Phi) is 1.15. The molecule has 2 aromatic rings. The number of hydrogen-bond donors (Lipinski definition) is 3. The Labute approximate surface area is 67.6 Å². The number of benzene rings is 1. The fourth-order valence-electron chi connectivity index (χ4n) is 1.17. The summed E-state index contributed by atoms with van der Waals surface area (Å²) in [5.41, 5.74) is 6.96. The van der Waals surface area contributed by atoms with E-state index in [2.05, 4.69) is 4.98 Å². The topological polar surface area (TPSA) is 89.8 Å². The summed E-state index contributed by atoms with van der Waals surface area (Å²) in [6, 6.07) is 5.18. The first-order chi connectivity index (χ1) is 5.70. The van der Waals surface area contributed by atoms with Gasteiger partial charge in [-0.05, 0) is 12.1 Å². The highest BCUT2D eigenvalue weighted by Gasteiger charge is 2.04. The first-order valence-electron chi connectivity index (χ1n) is 3.44. The first kappa shape index (κ1) is 6.78. The van der Waals surface area contributed by atoms with Crippen LogP contribution in [0.4, 0.5) is 5.69 Å². The summed E-state index contributed by atoms with van der Waals surface area (Å²) in [6.07, 6.45) is 0. The zero-order chi connectivity index (χ0) is 8.72. The van der Waals surface area contributed by atoms with Crippen molar-refractivity contribution < 1.29 is 0 Å². The maximum absolute atomic E-state index is 11.0. The molecular weight excluding hydrogens is 156 g/mol. The largest absolute Gasteiger partial charge is 0.397 e. The summed E-state index contributed by atoms with van der Waals surface area (Å²) < 4.78 is 1.03. The van der Waals surface area contributed by atoms with Crippen LogP contribution < -0.4 is 17.3 Å². The monoisotopic (exact) mass is 164 g/mol. The number of para-hydroxylation sites is 1. The molecule has 5 heteroatoms. The molecule has 1 heterocycles. The zero-order valence-electron chi connectivity index (χ0n) is 6.24. The molecule has 0 aliphatic rings. The number of nitrogens with two attached hydrogens (primary N) is 2. The summed E-state index contributed by atoms with van der Waals surface area (Å²) in [6.45, 7) is 0. The number of anilines is 1. The summed E-state index contributed by atoms with van der Waals surface area (Å²) in [7, 11) is 0. The molecule has 0 aliphatic carbocycles. The van der Waals surface area contributed by atoms with Crippen molar-refractivity contribution in [2.75, 3.05) is 11.6 Å². The highest BCUT2D eigenvalue weighted by atomic mass is 16.1. The molecule has 0 saturated carbocycles. The quantitative estimate of drug-likeness (QED) is 0.366. The Morgan fingerprint density at radius 3 is 2.83 bits per heavy atom. The third-order valence-electron chi connectivity index (χ3n) is 1.78. The van der Waals surface area contributed by atoms with Gasteiger partial charge >= 0.3 is 5.69 Å². The van der Waals surface area contributed by atoms with Crippen molar-refractivity contribution in [3.8, 4) is 0 Å². The van der Waals surface area contributed by atoms with Crippen molar-refractivity contribution in [1.29, 1.82) is 0 Å². The van der Waals surface area contributed by atoms with Gasteiger partial charge in [-0.15, -0.1) is 0 Å². The summed E-state index contributed by atoms with van der Waals surface area (Å²) in [5, 5.41) is 0. The zero-order valence-corrected chi connectivity index (χ0v) is 6.24. The SMILES string of the molecule is Nc1cccc2c1[nH]c(=O)n2N. The van der Waals surface area contributed by atoms with Gasteiger partial charge in [0.15, 0.2) is 0 Å². The van der Waals surface area contributed by atoms with E-state index in [1.165, 1.54) is 0 Å². The fraction of sp³-hybridized carbons (Fsp3) is 0. The summed E-state index contributed by atoms with van der Waals surface area (Å²) in [5.74, 6) is 5.42. The molecule has 12 heavy (non-hydrogen) atoms. The standard InChI is InChI=1S/C7H8N4O/c8-4-2-1-3-5-6(4)10-7(12)11(5)9/h1-3H,8-9H2,(H,10,12). The molecule has 1 aromatic carbocycles. The van der Waals surface area contributed by atoms with Crippen molar-refractivity contribution in [3.05, 3.63) is 28.7 Å². The number of rotatable bonds is 0. The second kappa shape index (κ2) is 2.04. The molecule has 5 nitrogen and oxygen atoms in total. The van der Waals surface area contributed by atoms with Gasteiger partial charge in [0.2, 0.25) is 0 Å². The summed E-state index contributed by atoms with van der Waals surface area (Å²) >= 11 is 0. The Morgan fingerprint density at radius 1 is 1.42 bits per heavy atom. The van der Waals surface area contributed by atoms with E-state index in [-0.39, 0.29) is 5.69 Å². The van der Waals surface area contributed by atoms with E-state index in [1.807, 2.05) is 0 Å². The highest BCUT2D eigenvalue weighted by molar-refractivity contribution is 5.86.